The Morgan fingerprint density at radius 3 is 2.32 bits per heavy atom. The first-order chi connectivity index (χ1) is 9.09. The zero-order valence-corrected chi connectivity index (χ0v) is 13.9. The summed E-state index contributed by atoms with van der Waals surface area (Å²) in [5.41, 5.74) is 0.542. The van der Waals surface area contributed by atoms with E-state index in [1.807, 2.05) is 0 Å². The van der Waals surface area contributed by atoms with Crippen molar-refractivity contribution in [3.63, 3.8) is 0 Å². The Kier molecular flexibility index (Phi) is 5.98. The van der Waals surface area contributed by atoms with Gasteiger partial charge in [0.2, 0.25) is 0 Å². The largest absolute Gasteiger partial charge is 0.207 e. The molecular formula is C15H18BrCl2F. The van der Waals surface area contributed by atoms with Crippen LogP contribution in [0.4, 0.5) is 4.39 Å². The molecule has 1 saturated carbocycles. The molecule has 1 aliphatic rings. The minimum Gasteiger partial charge on any atom is -0.207 e. The van der Waals surface area contributed by atoms with Gasteiger partial charge < -0.3 is 0 Å². The van der Waals surface area contributed by atoms with Crippen LogP contribution in [0, 0.1) is 11.7 Å². The summed E-state index contributed by atoms with van der Waals surface area (Å²) in [6, 6.07) is 3.08. The van der Waals surface area contributed by atoms with E-state index in [2.05, 4.69) is 15.9 Å². The van der Waals surface area contributed by atoms with Gasteiger partial charge in [-0.05, 0) is 46.8 Å². The lowest BCUT2D eigenvalue weighted by Crippen LogP contribution is -2.11. The first-order valence-electron chi connectivity index (χ1n) is 6.88. The van der Waals surface area contributed by atoms with Gasteiger partial charge in [0.1, 0.15) is 5.82 Å². The molecule has 0 heterocycles. The van der Waals surface area contributed by atoms with Gasteiger partial charge in [0.15, 0.2) is 0 Å². The molecule has 1 fully saturated rings. The topological polar surface area (TPSA) is 0 Å². The molecule has 2 rings (SSSR count). The molecule has 1 aromatic carbocycles. The van der Waals surface area contributed by atoms with Crippen molar-refractivity contribution in [1.82, 2.24) is 0 Å². The molecule has 0 radical (unpaired) electrons. The molecule has 0 N–H and O–H groups in total. The molecule has 0 amide bonds. The molecule has 0 aliphatic heterocycles. The van der Waals surface area contributed by atoms with Crippen LogP contribution in [0.3, 0.4) is 0 Å². The number of hydrogen-bond acceptors (Lipinski definition) is 0. The highest BCUT2D eigenvalue weighted by molar-refractivity contribution is 9.10. The summed E-state index contributed by atoms with van der Waals surface area (Å²) in [6.45, 7) is 0. The Labute approximate surface area is 132 Å². The third-order valence-corrected chi connectivity index (χ3v) is 5.69. The molecule has 1 aliphatic carbocycles. The fraction of sp³-hybridized carbons (Fsp3) is 0.600. The molecule has 1 aromatic rings. The lowest BCUT2D eigenvalue weighted by atomic mass is 9.86. The van der Waals surface area contributed by atoms with Crippen LogP contribution < -0.4 is 0 Å². The maximum absolute atomic E-state index is 14.0. The molecule has 0 spiro atoms. The van der Waals surface area contributed by atoms with E-state index in [9.17, 15) is 4.39 Å². The van der Waals surface area contributed by atoms with Crippen LogP contribution in [0.5, 0.6) is 0 Å². The van der Waals surface area contributed by atoms with Crippen LogP contribution in [-0.2, 0) is 0 Å². The maximum atomic E-state index is 14.0. The standard InChI is InChI=1S/C15H18BrCl2F/c16-12-9-14(19)11(8-13(12)17)15(18)10-6-4-2-1-3-5-7-10/h8-10,15H,1-7H2. The highest BCUT2D eigenvalue weighted by Crippen LogP contribution is 2.40. The van der Waals surface area contributed by atoms with E-state index in [1.54, 1.807) is 6.07 Å². The Bertz CT molecular complexity index is 428. The van der Waals surface area contributed by atoms with Gasteiger partial charge in [0.25, 0.3) is 0 Å². The second-order valence-electron chi connectivity index (χ2n) is 5.29. The first kappa shape index (κ1) is 15.6. The van der Waals surface area contributed by atoms with E-state index in [0.29, 0.717) is 21.0 Å². The van der Waals surface area contributed by atoms with Gasteiger partial charge in [0, 0.05) is 10.0 Å². The molecule has 1 unspecified atom stereocenters. The zero-order valence-electron chi connectivity index (χ0n) is 10.8. The number of benzene rings is 1. The third-order valence-electron chi connectivity index (χ3n) is 3.90. The summed E-state index contributed by atoms with van der Waals surface area (Å²) < 4.78 is 14.6. The van der Waals surface area contributed by atoms with E-state index >= 15 is 0 Å². The molecule has 0 aromatic heterocycles. The first-order valence-corrected chi connectivity index (χ1v) is 8.49. The zero-order chi connectivity index (χ0) is 13.8. The van der Waals surface area contributed by atoms with Crippen molar-refractivity contribution in [3.05, 3.63) is 33.0 Å². The van der Waals surface area contributed by atoms with Gasteiger partial charge in [-0.3, -0.25) is 0 Å². The van der Waals surface area contributed by atoms with Crippen molar-refractivity contribution < 1.29 is 4.39 Å². The molecule has 0 saturated heterocycles. The Hall–Kier alpha value is 0.210. The van der Waals surface area contributed by atoms with Gasteiger partial charge in [-0.15, -0.1) is 11.6 Å². The van der Waals surface area contributed by atoms with Crippen molar-refractivity contribution in [2.24, 2.45) is 5.92 Å². The average molecular weight is 368 g/mol. The van der Waals surface area contributed by atoms with Crippen LogP contribution in [0.15, 0.2) is 16.6 Å². The van der Waals surface area contributed by atoms with E-state index in [4.69, 9.17) is 23.2 Å². The van der Waals surface area contributed by atoms with E-state index in [-0.39, 0.29) is 11.2 Å². The van der Waals surface area contributed by atoms with Crippen molar-refractivity contribution in [1.29, 1.82) is 0 Å². The average Bonchev–Trinajstić information content (AvgIpc) is 2.32. The van der Waals surface area contributed by atoms with Crippen LogP contribution in [0.25, 0.3) is 0 Å². The van der Waals surface area contributed by atoms with Crippen molar-refractivity contribution in [2.75, 3.05) is 0 Å². The lowest BCUT2D eigenvalue weighted by molar-refractivity contribution is 0.364. The number of hydrogen-bond donors (Lipinski definition) is 0. The van der Waals surface area contributed by atoms with Crippen molar-refractivity contribution in [3.8, 4) is 0 Å². The Morgan fingerprint density at radius 2 is 1.68 bits per heavy atom. The number of halogens is 4. The lowest BCUT2D eigenvalue weighted by Gasteiger charge is -2.25. The summed E-state index contributed by atoms with van der Waals surface area (Å²) >= 11 is 15.8. The van der Waals surface area contributed by atoms with Crippen LogP contribution >= 0.6 is 39.1 Å². The van der Waals surface area contributed by atoms with Gasteiger partial charge in [-0.1, -0.05) is 43.7 Å². The summed E-state index contributed by atoms with van der Waals surface area (Å²) in [5.74, 6) is 0.0899. The second kappa shape index (κ2) is 7.28. The highest BCUT2D eigenvalue weighted by Gasteiger charge is 2.24. The van der Waals surface area contributed by atoms with Gasteiger partial charge >= 0.3 is 0 Å². The molecule has 19 heavy (non-hydrogen) atoms. The number of alkyl halides is 1. The van der Waals surface area contributed by atoms with Gasteiger partial charge in [-0.2, -0.15) is 0 Å². The molecular weight excluding hydrogens is 350 g/mol. The third kappa shape index (κ3) is 4.09. The Morgan fingerprint density at radius 1 is 1.11 bits per heavy atom. The molecule has 4 heteroatoms. The fourth-order valence-electron chi connectivity index (χ4n) is 2.78. The maximum Gasteiger partial charge on any atom is 0.129 e. The minimum absolute atomic E-state index is 0.265. The molecule has 1 atom stereocenters. The van der Waals surface area contributed by atoms with Crippen LogP contribution in [0.2, 0.25) is 5.02 Å². The smallest absolute Gasteiger partial charge is 0.129 e. The molecule has 0 bridgehead atoms. The Balaban J connectivity index is 2.17. The quantitative estimate of drug-likeness (QED) is 0.394. The predicted molar refractivity (Wildman–Crippen MR) is 83.5 cm³/mol. The summed E-state index contributed by atoms with van der Waals surface area (Å²) in [5, 5.41) is 0.247. The minimum atomic E-state index is -0.274. The second-order valence-corrected chi connectivity index (χ2v) is 7.03. The van der Waals surface area contributed by atoms with Gasteiger partial charge in [0.05, 0.1) is 10.4 Å². The van der Waals surface area contributed by atoms with Crippen LogP contribution in [0.1, 0.15) is 55.9 Å². The summed E-state index contributed by atoms with van der Waals surface area (Å²) in [6.07, 6.45) is 8.41. The van der Waals surface area contributed by atoms with Gasteiger partial charge in [-0.25, -0.2) is 4.39 Å². The predicted octanol–water partition coefficient (Wildman–Crippen LogP) is 6.88. The normalized spacial score (nSPS) is 19.8. The van der Waals surface area contributed by atoms with Crippen molar-refractivity contribution >= 4 is 39.1 Å². The SMILES string of the molecule is Fc1cc(Br)c(Cl)cc1C(Cl)C1CCCCCCC1. The van der Waals surface area contributed by atoms with E-state index < -0.39 is 0 Å². The number of rotatable bonds is 2. The van der Waals surface area contributed by atoms with E-state index in [1.165, 1.54) is 38.2 Å². The summed E-state index contributed by atoms with van der Waals surface area (Å²) in [7, 11) is 0. The molecule has 106 valence electrons. The van der Waals surface area contributed by atoms with E-state index in [0.717, 1.165) is 12.8 Å². The highest BCUT2D eigenvalue weighted by atomic mass is 79.9. The van der Waals surface area contributed by atoms with Crippen molar-refractivity contribution in [2.45, 2.75) is 50.3 Å². The monoisotopic (exact) mass is 366 g/mol. The summed E-state index contributed by atoms with van der Waals surface area (Å²) in [4.78, 5) is 0. The molecule has 0 nitrogen and oxygen atoms in total. The van der Waals surface area contributed by atoms with Crippen LogP contribution in [-0.4, -0.2) is 0 Å². The fourth-order valence-corrected chi connectivity index (χ4v) is 3.69.